The minimum absolute atomic E-state index is 0.640. The van der Waals surface area contributed by atoms with Gasteiger partial charge in [0, 0.05) is 64.4 Å². The molecule has 9 heteroatoms. The molecule has 0 radical (unpaired) electrons. The van der Waals surface area contributed by atoms with E-state index < -0.39 is 11.6 Å². The predicted octanol–water partition coefficient (Wildman–Crippen LogP) is 4.45. The molecule has 1 fully saturated rings. The van der Waals surface area contributed by atoms with E-state index in [0.717, 1.165) is 78.3 Å². The Morgan fingerprint density at radius 1 is 0.846 bits per heavy atom. The molecule has 3 aromatic heterocycles. The topological polar surface area (TPSA) is 62.1 Å². The Hall–Kier alpha value is -3.95. The fraction of sp³-hybridized carbons (Fsp3) is 0.300. The third kappa shape index (κ3) is 5.20. The smallest absolute Gasteiger partial charge is 0.159 e. The van der Waals surface area contributed by atoms with E-state index in [4.69, 9.17) is 15.0 Å². The van der Waals surface area contributed by atoms with Gasteiger partial charge in [0.05, 0.1) is 11.2 Å². The molecule has 4 heterocycles. The minimum Gasteiger partial charge on any atom is -0.352 e. The van der Waals surface area contributed by atoms with Crippen LogP contribution in [0.3, 0.4) is 0 Å². The highest BCUT2D eigenvalue weighted by atomic mass is 19.2. The van der Waals surface area contributed by atoms with E-state index >= 15 is 0 Å². The van der Waals surface area contributed by atoms with Crippen molar-refractivity contribution in [3.8, 4) is 0 Å². The van der Waals surface area contributed by atoms with E-state index in [-0.39, 0.29) is 0 Å². The van der Waals surface area contributed by atoms with Gasteiger partial charge >= 0.3 is 0 Å². The Balaban J connectivity index is 1.18. The summed E-state index contributed by atoms with van der Waals surface area (Å²) >= 11 is 0. The van der Waals surface area contributed by atoms with Crippen molar-refractivity contribution in [1.29, 1.82) is 0 Å². The molecule has 1 aliphatic rings. The molecule has 39 heavy (non-hydrogen) atoms. The molecule has 1 saturated heterocycles. The van der Waals surface area contributed by atoms with Gasteiger partial charge in [-0.2, -0.15) is 0 Å². The van der Waals surface area contributed by atoms with Gasteiger partial charge in [-0.25, -0.2) is 18.7 Å². The number of fused-ring (bicyclic) bond motifs is 3. The number of hydrogen-bond donors (Lipinski definition) is 1. The molecular formula is C30H31F2N7. The number of anilines is 1. The SMILES string of the molecule is Cn1c2ccnc(CNCc3ccccc3)c2c2ncnc(N3CCN(CCc4ccc(F)c(F)c4)CC3)c21. The molecule has 0 amide bonds. The van der Waals surface area contributed by atoms with Crippen LogP contribution >= 0.6 is 0 Å². The molecule has 7 nitrogen and oxygen atoms in total. The summed E-state index contributed by atoms with van der Waals surface area (Å²) < 4.78 is 29.0. The molecule has 0 saturated carbocycles. The van der Waals surface area contributed by atoms with Crippen LogP contribution in [0.1, 0.15) is 16.8 Å². The van der Waals surface area contributed by atoms with Gasteiger partial charge in [0.2, 0.25) is 0 Å². The van der Waals surface area contributed by atoms with E-state index in [2.05, 4.69) is 38.9 Å². The molecule has 2 aromatic carbocycles. The number of rotatable bonds is 8. The van der Waals surface area contributed by atoms with Crippen LogP contribution in [0.4, 0.5) is 14.6 Å². The van der Waals surface area contributed by atoms with Crippen LogP contribution in [0.15, 0.2) is 67.1 Å². The lowest BCUT2D eigenvalue weighted by molar-refractivity contribution is 0.260. The lowest BCUT2D eigenvalue weighted by Gasteiger charge is -2.35. The first kappa shape index (κ1) is 25.3. The molecule has 1 aliphatic heterocycles. The zero-order valence-electron chi connectivity index (χ0n) is 21.9. The van der Waals surface area contributed by atoms with E-state index in [1.54, 1.807) is 12.4 Å². The number of pyridine rings is 1. The molecular weight excluding hydrogens is 496 g/mol. The van der Waals surface area contributed by atoms with Gasteiger partial charge in [-0.3, -0.25) is 9.88 Å². The van der Waals surface area contributed by atoms with Crippen LogP contribution in [0.2, 0.25) is 0 Å². The van der Waals surface area contributed by atoms with Crippen molar-refractivity contribution in [1.82, 2.24) is 29.7 Å². The van der Waals surface area contributed by atoms with Crippen molar-refractivity contribution in [2.45, 2.75) is 19.5 Å². The number of aromatic nitrogens is 4. The zero-order valence-corrected chi connectivity index (χ0v) is 21.9. The fourth-order valence-electron chi connectivity index (χ4n) is 5.46. The molecule has 0 aliphatic carbocycles. The lowest BCUT2D eigenvalue weighted by Crippen LogP contribution is -2.47. The van der Waals surface area contributed by atoms with Gasteiger partial charge in [0.25, 0.3) is 0 Å². The van der Waals surface area contributed by atoms with Gasteiger partial charge in [-0.1, -0.05) is 36.4 Å². The summed E-state index contributed by atoms with van der Waals surface area (Å²) in [5, 5.41) is 4.59. The number of halogens is 2. The van der Waals surface area contributed by atoms with Crippen LogP contribution in [-0.4, -0.2) is 57.1 Å². The molecule has 0 unspecified atom stereocenters. The normalized spacial score (nSPS) is 14.5. The lowest BCUT2D eigenvalue weighted by atomic mass is 10.1. The maximum Gasteiger partial charge on any atom is 0.159 e. The maximum atomic E-state index is 13.6. The van der Waals surface area contributed by atoms with Crippen molar-refractivity contribution in [2.24, 2.45) is 7.05 Å². The number of benzene rings is 2. The van der Waals surface area contributed by atoms with Crippen LogP contribution in [0.5, 0.6) is 0 Å². The van der Waals surface area contributed by atoms with E-state index in [1.165, 1.54) is 17.7 Å². The summed E-state index contributed by atoms with van der Waals surface area (Å²) in [6, 6.07) is 16.5. The number of aryl methyl sites for hydroxylation is 1. The number of nitrogens with zero attached hydrogens (tertiary/aromatic N) is 6. The molecule has 1 N–H and O–H groups in total. The second-order valence-electron chi connectivity index (χ2n) is 10.0. The predicted molar refractivity (Wildman–Crippen MR) is 150 cm³/mol. The first-order valence-corrected chi connectivity index (χ1v) is 13.3. The second kappa shape index (κ2) is 11.0. The molecule has 0 bridgehead atoms. The Bertz CT molecular complexity index is 1590. The van der Waals surface area contributed by atoms with Gasteiger partial charge in [-0.05, 0) is 35.7 Å². The summed E-state index contributed by atoms with van der Waals surface area (Å²) in [4.78, 5) is 18.8. The highest BCUT2D eigenvalue weighted by molar-refractivity contribution is 6.10. The summed E-state index contributed by atoms with van der Waals surface area (Å²) in [6.07, 6.45) is 4.20. The zero-order chi connectivity index (χ0) is 26.8. The monoisotopic (exact) mass is 527 g/mol. The fourth-order valence-corrected chi connectivity index (χ4v) is 5.46. The second-order valence-corrected chi connectivity index (χ2v) is 10.0. The first-order valence-electron chi connectivity index (χ1n) is 13.3. The van der Waals surface area contributed by atoms with Crippen molar-refractivity contribution < 1.29 is 8.78 Å². The average Bonchev–Trinajstić information content (AvgIpc) is 3.27. The van der Waals surface area contributed by atoms with Crippen LogP contribution in [0.25, 0.3) is 21.9 Å². The number of nitrogens with one attached hydrogen (secondary N) is 1. The summed E-state index contributed by atoms with van der Waals surface area (Å²) in [7, 11) is 2.07. The van der Waals surface area contributed by atoms with Gasteiger partial charge in [0.1, 0.15) is 17.4 Å². The van der Waals surface area contributed by atoms with Crippen molar-refractivity contribution in [2.75, 3.05) is 37.6 Å². The molecule has 5 aromatic rings. The Kier molecular flexibility index (Phi) is 7.17. The highest BCUT2D eigenvalue weighted by Gasteiger charge is 2.24. The third-order valence-electron chi connectivity index (χ3n) is 7.58. The van der Waals surface area contributed by atoms with E-state index in [9.17, 15) is 8.78 Å². The number of hydrogen-bond acceptors (Lipinski definition) is 6. The summed E-state index contributed by atoms with van der Waals surface area (Å²) in [5.41, 5.74) is 6.04. The summed E-state index contributed by atoms with van der Waals surface area (Å²) in [6.45, 7) is 5.61. The number of piperazine rings is 1. The standard InChI is InChI=1S/C30H31F2N7/c1-37-26-9-11-34-25(19-33-18-22-5-3-2-4-6-22)27(26)28-29(37)30(36-20-35-28)39-15-13-38(14-16-39)12-10-21-7-8-23(31)24(32)17-21/h2-9,11,17,20,33H,10,12-16,18-19H2,1H3. The Morgan fingerprint density at radius 2 is 1.67 bits per heavy atom. The van der Waals surface area contributed by atoms with E-state index in [1.807, 2.05) is 30.5 Å². The van der Waals surface area contributed by atoms with Crippen molar-refractivity contribution in [3.05, 3.63) is 95.6 Å². The Labute approximate surface area is 226 Å². The largest absolute Gasteiger partial charge is 0.352 e. The summed E-state index contributed by atoms with van der Waals surface area (Å²) in [5.74, 6) is -0.657. The minimum atomic E-state index is -0.803. The molecule has 200 valence electrons. The van der Waals surface area contributed by atoms with E-state index in [0.29, 0.717) is 13.0 Å². The van der Waals surface area contributed by atoms with Crippen molar-refractivity contribution >= 4 is 27.8 Å². The van der Waals surface area contributed by atoms with Gasteiger partial charge in [0.15, 0.2) is 17.5 Å². The highest BCUT2D eigenvalue weighted by Crippen LogP contribution is 2.33. The van der Waals surface area contributed by atoms with Crippen LogP contribution in [-0.2, 0) is 26.6 Å². The molecule has 6 rings (SSSR count). The molecule has 0 atom stereocenters. The maximum absolute atomic E-state index is 13.6. The van der Waals surface area contributed by atoms with Gasteiger partial charge in [-0.15, -0.1) is 0 Å². The third-order valence-corrected chi connectivity index (χ3v) is 7.58. The van der Waals surface area contributed by atoms with Crippen LogP contribution in [0, 0.1) is 11.6 Å². The average molecular weight is 528 g/mol. The quantitative estimate of drug-likeness (QED) is 0.322. The van der Waals surface area contributed by atoms with Crippen molar-refractivity contribution in [3.63, 3.8) is 0 Å². The Morgan fingerprint density at radius 3 is 2.46 bits per heavy atom. The van der Waals surface area contributed by atoms with Gasteiger partial charge < -0.3 is 14.8 Å². The molecule has 0 spiro atoms. The first-order chi connectivity index (χ1) is 19.1. The van der Waals surface area contributed by atoms with Crippen LogP contribution < -0.4 is 10.2 Å².